The largest absolute Gasteiger partial charge is 0.350 e. The summed E-state index contributed by atoms with van der Waals surface area (Å²) in [5, 5.41) is 7.03. The summed E-state index contributed by atoms with van der Waals surface area (Å²) in [6, 6.07) is 8.24. The van der Waals surface area contributed by atoms with E-state index < -0.39 is 0 Å². The van der Waals surface area contributed by atoms with Gasteiger partial charge in [-0.05, 0) is 25.8 Å². The minimum atomic E-state index is 0.0366. The molecule has 0 aliphatic carbocycles. The maximum absolute atomic E-state index is 12.2. The van der Waals surface area contributed by atoms with Crippen LogP contribution < -0.4 is 5.32 Å². The number of rotatable bonds is 5. The number of fused-ring (bicyclic) bond motifs is 1. The number of carbonyl (C=O) groups excluding carboxylic acids is 1. The third-order valence-electron chi connectivity index (χ3n) is 2.87. The summed E-state index contributed by atoms with van der Waals surface area (Å²) < 4.78 is 1.16. The van der Waals surface area contributed by atoms with Crippen LogP contribution in [0.2, 0.25) is 0 Å². The highest BCUT2D eigenvalue weighted by Gasteiger charge is 2.13. The van der Waals surface area contributed by atoms with Crippen molar-refractivity contribution in [1.82, 2.24) is 5.32 Å². The summed E-state index contributed by atoms with van der Waals surface area (Å²) in [6.45, 7) is 2.05. The molecule has 0 aliphatic rings. The summed E-state index contributed by atoms with van der Waals surface area (Å²) in [7, 11) is 0. The maximum atomic E-state index is 12.2. The van der Waals surface area contributed by atoms with Crippen LogP contribution in [-0.4, -0.2) is 17.3 Å². The van der Waals surface area contributed by atoms with Crippen LogP contribution in [0.15, 0.2) is 29.6 Å². The van der Waals surface area contributed by atoms with Crippen LogP contribution in [0.4, 0.5) is 0 Å². The Morgan fingerprint density at radius 1 is 1.44 bits per heavy atom. The average molecular weight is 326 g/mol. The summed E-state index contributed by atoms with van der Waals surface area (Å²) in [5.74, 6) is 0.0366. The van der Waals surface area contributed by atoms with Crippen LogP contribution in [0.5, 0.6) is 0 Å². The molecule has 2 rings (SSSR count). The lowest BCUT2D eigenvalue weighted by molar-refractivity contribution is 0.0940. The first-order valence-corrected chi connectivity index (χ1v) is 8.05. The minimum absolute atomic E-state index is 0.0366. The van der Waals surface area contributed by atoms with Crippen molar-refractivity contribution < 1.29 is 4.79 Å². The van der Waals surface area contributed by atoms with Gasteiger partial charge >= 0.3 is 0 Å². The fourth-order valence-corrected chi connectivity index (χ4v) is 3.18. The maximum Gasteiger partial charge on any atom is 0.252 e. The third kappa shape index (κ3) is 3.12. The summed E-state index contributed by atoms with van der Waals surface area (Å²) in [5.41, 5.74) is 0.793. The van der Waals surface area contributed by atoms with Gasteiger partial charge in [0.2, 0.25) is 0 Å². The normalized spacial score (nSPS) is 12.6. The van der Waals surface area contributed by atoms with Crippen molar-refractivity contribution in [3.8, 4) is 0 Å². The first kappa shape index (κ1) is 13.6. The molecule has 0 saturated heterocycles. The van der Waals surface area contributed by atoms with E-state index >= 15 is 0 Å². The highest BCUT2D eigenvalue weighted by Crippen LogP contribution is 2.25. The van der Waals surface area contributed by atoms with Crippen LogP contribution in [0.3, 0.4) is 0 Å². The van der Waals surface area contributed by atoms with Gasteiger partial charge in [0.25, 0.3) is 5.91 Å². The first-order valence-electron chi connectivity index (χ1n) is 6.05. The van der Waals surface area contributed by atoms with E-state index in [1.165, 1.54) is 0 Å². The number of hydrogen-bond donors (Lipinski definition) is 1. The molecule has 1 atom stereocenters. The Labute approximate surface area is 120 Å². The lowest BCUT2D eigenvalue weighted by atomic mass is 10.1. The van der Waals surface area contributed by atoms with Gasteiger partial charge in [-0.2, -0.15) is 0 Å². The van der Waals surface area contributed by atoms with Crippen molar-refractivity contribution in [1.29, 1.82) is 0 Å². The van der Waals surface area contributed by atoms with Crippen molar-refractivity contribution in [3.63, 3.8) is 0 Å². The number of amides is 1. The highest BCUT2D eigenvalue weighted by molar-refractivity contribution is 9.09. The van der Waals surface area contributed by atoms with Crippen molar-refractivity contribution in [2.75, 3.05) is 5.33 Å². The van der Waals surface area contributed by atoms with E-state index in [0.717, 1.165) is 33.8 Å². The van der Waals surface area contributed by atoms with Crippen LogP contribution >= 0.6 is 27.3 Å². The SMILES string of the molecule is CC(CCCBr)NC(=O)c1csc2ccccc12. The van der Waals surface area contributed by atoms with Crippen molar-refractivity contribution in [2.45, 2.75) is 25.8 Å². The van der Waals surface area contributed by atoms with Gasteiger partial charge in [-0.25, -0.2) is 0 Å². The van der Waals surface area contributed by atoms with Crippen molar-refractivity contribution in [3.05, 3.63) is 35.2 Å². The standard InChI is InChI=1S/C14H16BrNOS/c1-10(5-4-8-15)16-14(17)12-9-18-13-7-3-2-6-11(12)13/h2-3,6-7,9-10H,4-5,8H2,1H3,(H,16,17). The van der Waals surface area contributed by atoms with Crippen LogP contribution in [-0.2, 0) is 0 Å². The monoisotopic (exact) mass is 325 g/mol. The lowest BCUT2D eigenvalue weighted by Gasteiger charge is -2.12. The Morgan fingerprint density at radius 3 is 3.00 bits per heavy atom. The zero-order chi connectivity index (χ0) is 13.0. The Balaban J connectivity index is 2.09. The van der Waals surface area contributed by atoms with E-state index in [4.69, 9.17) is 0 Å². The second kappa shape index (κ2) is 6.34. The van der Waals surface area contributed by atoms with Gasteiger partial charge in [0.15, 0.2) is 0 Å². The Hall–Kier alpha value is -0.870. The molecule has 1 N–H and O–H groups in total. The zero-order valence-corrected chi connectivity index (χ0v) is 12.7. The van der Waals surface area contributed by atoms with Gasteiger partial charge < -0.3 is 5.32 Å². The number of thiophene rings is 1. The molecule has 2 nitrogen and oxygen atoms in total. The Morgan fingerprint density at radius 2 is 2.22 bits per heavy atom. The molecule has 18 heavy (non-hydrogen) atoms. The fourth-order valence-electron chi connectivity index (χ4n) is 1.91. The number of halogens is 1. The predicted octanol–water partition coefficient (Wildman–Crippen LogP) is 4.19. The predicted molar refractivity (Wildman–Crippen MR) is 81.8 cm³/mol. The molecular weight excluding hydrogens is 310 g/mol. The quantitative estimate of drug-likeness (QED) is 0.820. The second-order valence-electron chi connectivity index (χ2n) is 4.35. The summed E-state index contributed by atoms with van der Waals surface area (Å²) in [6.07, 6.45) is 2.07. The number of hydrogen-bond acceptors (Lipinski definition) is 2. The first-order chi connectivity index (χ1) is 8.72. The molecule has 0 saturated carbocycles. The van der Waals surface area contributed by atoms with E-state index in [-0.39, 0.29) is 11.9 Å². The van der Waals surface area contributed by atoms with E-state index in [2.05, 4.69) is 28.2 Å². The molecule has 0 fully saturated rings. The van der Waals surface area contributed by atoms with Crippen LogP contribution in [0, 0.1) is 0 Å². The molecule has 0 bridgehead atoms. The van der Waals surface area contributed by atoms with Gasteiger partial charge in [0, 0.05) is 26.8 Å². The average Bonchev–Trinajstić information content (AvgIpc) is 2.80. The summed E-state index contributed by atoms with van der Waals surface area (Å²) >= 11 is 5.02. The van der Waals surface area contributed by atoms with E-state index in [9.17, 15) is 4.79 Å². The minimum Gasteiger partial charge on any atom is -0.350 e. The van der Waals surface area contributed by atoms with Gasteiger partial charge in [-0.3, -0.25) is 4.79 Å². The van der Waals surface area contributed by atoms with Gasteiger partial charge in [-0.15, -0.1) is 11.3 Å². The van der Waals surface area contributed by atoms with Gasteiger partial charge in [0.05, 0.1) is 5.56 Å². The molecule has 1 unspecified atom stereocenters. The van der Waals surface area contributed by atoms with E-state index in [1.807, 2.05) is 29.6 Å². The molecule has 1 heterocycles. The Bertz CT molecular complexity index is 537. The van der Waals surface area contributed by atoms with Gasteiger partial charge in [0.1, 0.15) is 0 Å². The molecule has 0 spiro atoms. The van der Waals surface area contributed by atoms with Gasteiger partial charge in [-0.1, -0.05) is 34.1 Å². The summed E-state index contributed by atoms with van der Waals surface area (Å²) in [4.78, 5) is 12.2. The lowest BCUT2D eigenvalue weighted by Crippen LogP contribution is -2.32. The molecular formula is C14H16BrNOS. The third-order valence-corrected chi connectivity index (χ3v) is 4.40. The van der Waals surface area contributed by atoms with E-state index in [0.29, 0.717) is 0 Å². The smallest absolute Gasteiger partial charge is 0.252 e. The van der Waals surface area contributed by atoms with Crippen molar-refractivity contribution in [2.24, 2.45) is 0 Å². The van der Waals surface area contributed by atoms with Crippen molar-refractivity contribution >= 4 is 43.3 Å². The fraction of sp³-hybridized carbons (Fsp3) is 0.357. The van der Waals surface area contributed by atoms with Crippen LogP contribution in [0.25, 0.3) is 10.1 Å². The Kier molecular flexibility index (Phi) is 4.78. The number of carbonyl (C=O) groups is 1. The molecule has 0 aliphatic heterocycles. The number of nitrogens with one attached hydrogen (secondary N) is 1. The molecule has 96 valence electrons. The zero-order valence-electron chi connectivity index (χ0n) is 10.3. The van der Waals surface area contributed by atoms with E-state index in [1.54, 1.807) is 11.3 Å². The molecule has 0 radical (unpaired) electrons. The van der Waals surface area contributed by atoms with Crippen LogP contribution in [0.1, 0.15) is 30.1 Å². The number of alkyl halides is 1. The molecule has 4 heteroatoms. The molecule has 1 aromatic carbocycles. The highest BCUT2D eigenvalue weighted by atomic mass is 79.9. The molecule has 2 aromatic rings. The second-order valence-corrected chi connectivity index (χ2v) is 6.06. The molecule has 1 aromatic heterocycles. The number of benzene rings is 1. The topological polar surface area (TPSA) is 29.1 Å². The molecule has 1 amide bonds.